The topological polar surface area (TPSA) is 51.5 Å². The van der Waals surface area contributed by atoms with Gasteiger partial charge in [-0.3, -0.25) is 9.59 Å². The number of hydrogen-bond donors (Lipinski definition) is 0. The molecule has 0 unspecified atom stereocenters. The van der Waals surface area contributed by atoms with Crippen LogP contribution in [0.5, 0.6) is 5.75 Å². The van der Waals surface area contributed by atoms with Crippen molar-refractivity contribution in [2.24, 2.45) is 7.05 Å². The summed E-state index contributed by atoms with van der Waals surface area (Å²) in [6.45, 7) is 0.681. The van der Waals surface area contributed by atoms with Gasteiger partial charge in [-0.1, -0.05) is 12.1 Å². The third kappa shape index (κ3) is 3.15. The normalized spacial score (nSPS) is 19.0. The van der Waals surface area contributed by atoms with Crippen molar-refractivity contribution in [2.75, 3.05) is 13.7 Å². The Balaban J connectivity index is 1.69. The average Bonchev–Trinajstić information content (AvgIpc) is 3.20. The predicted octanol–water partition coefficient (Wildman–Crippen LogP) is 3.25. The van der Waals surface area contributed by atoms with Crippen molar-refractivity contribution < 1.29 is 9.53 Å². The maximum Gasteiger partial charge on any atom is 0.263 e. The standard InChI is InChI=1S/C22H26N2O3/c1-23-19-10-4-3-7-16(19)14-18(21(23)25)22(26)24-12-6-11-20(24)15-8-5-9-17(13-15)27-2/h5,8-9,13-14,20H,3-4,6-7,10-12H2,1-2H3/t20-/m0/s1. The smallest absolute Gasteiger partial charge is 0.263 e. The molecule has 1 fully saturated rings. The zero-order valence-electron chi connectivity index (χ0n) is 16.0. The van der Waals surface area contributed by atoms with Gasteiger partial charge in [-0.2, -0.15) is 0 Å². The Labute approximate surface area is 159 Å². The maximum atomic E-state index is 13.3. The van der Waals surface area contributed by atoms with Crippen molar-refractivity contribution in [3.63, 3.8) is 0 Å². The van der Waals surface area contributed by atoms with Gasteiger partial charge in [0.05, 0.1) is 13.2 Å². The van der Waals surface area contributed by atoms with Crippen molar-refractivity contribution in [3.05, 3.63) is 63.1 Å². The van der Waals surface area contributed by atoms with Crippen LogP contribution in [0.15, 0.2) is 35.1 Å². The molecule has 4 rings (SSSR count). The molecule has 1 aliphatic heterocycles. The SMILES string of the molecule is COc1cccc([C@@H]2CCCN2C(=O)c2cc3c(n(C)c2=O)CCCC3)c1. The van der Waals surface area contributed by atoms with Gasteiger partial charge in [0.1, 0.15) is 11.3 Å². The van der Waals surface area contributed by atoms with Crippen molar-refractivity contribution >= 4 is 5.91 Å². The summed E-state index contributed by atoms with van der Waals surface area (Å²) in [6, 6.07) is 9.73. The number of rotatable bonds is 3. The number of aromatic nitrogens is 1. The number of carbonyl (C=O) groups excluding carboxylic acids is 1. The third-order valence-corrected chi connectivity index (χ3v) is 5.96. The third-order valence-electron chi connectivity index (χ3n) is 5.96. The van der Waals surface area contributed by atoms with Gasteiger partial charge in [0.15, 0.2) is 0 Å². The Morgan fingerprint density at radius 3 is 2.78 bits per heavy atom. The molecule has 0 spiro atoms. The minimum atomic E-state index is -0.169. The number of ether oxygens (including phenoxy) is 1. The summed E-state index contributed by atoms with van der Waals surface area (Å²) in [6.07, 6.45) is 5.95. The number of pyridine rings is 1. The van der Waals surface area contributed by atoms with E-state index in [0.29, 0.717) is 12.1 Å². The molecule has 0 bridgehead atoms. The van der Waals surface area contributed by atoms with Crippen LogP contribution in [0.3, 0.4) is 0 Å². The van der Waals surface area contributed by atoms with Crippen LogP contribution in [-0.2, 0) is 19.9 Å². The van der Waals surface area contributed by atoms with Crippen LogP contribution >= 0.6 is 0 Å². The molecule has 1 atom stereocenters. The predicted molar refractivity (Wildman–Crippen MR) is 104 cm³/mol. The molecule has 142 valence electrons. The summed E-state index contributed by atoms with van der Waals surface area (Å²) >= 11 is 0. The molecule has 1 saturated heterocycles. The number of carbonyl (C=O) groups is 1. The van der Waals surface area contributed by atoms with Crippen molar-refractivity contribution in [1.82, 2.24) is 9.47 Å². The minimum Gasteiger partial charge on any atom is -0.497 e. The van der Waals surface area contributed by atoms with Gasteiger partial charge in [-0.25, -0.2) is 0 Å². The monoisotopic (exact) mass is 366 g/mol. The zero-order valence-corrected chi connectivity index (χ0v) is 16.0. The summed E-state index contributed by atoms with van der Waals surface area (Å²) < 4.78 is 7.03. The molecule has 2 aromatic rings. The number of fused-ring (bicyclic) bond motifs is 1. The summed E-state index contributed by atoms with van der Waals surface area (Å²) in [5, 5.41) is 0. The van der Waals surface area contributed by atoms with Crippen LogP contribution in [-0.4, -0.2) is 29.0 Å². The first-order valence-corrected chi connectivity index (χ1v) is 9.77. The molecular weight excluding hydrogens is 340 g/mol. The first-order valence-electron chi connectivity index (χ1n) is 9.77. The molecule has 0 saturated carbocycles. The largest absolute Gasteiger partial charge is 0.497 e. The number of aryl methyl sites for hydroxylation is 1. The molecular formula is C22H26N2O3. The van der Waals surface area contributed by atoms with Crippen LogP contribution in [0.25, 0.3) is 0 Å². The van der Waals surface area contributed by atoms with Gasteiger partial charge < -0.3 is 14.2 Å². The number of amides is 1. The van der Waals surface area contributed by atoms with E-state index in [1.54, 1.807) is 18.7 Å². The molecule has 1 aromatic heterocycles. The Kier molecular flexibility index (Phi) is 4.77. The first kappa shape index (κ1) is 17.8. The van der Waals surface area contributed by atoms with Gasteiger partial charge in [0.2, 0.25) is 0 Å². The second-order valence-electron chi connectivity index (χ2n) is 7.53. The molecule has 5 nitrogen and oxygen atoms in total. The van der Waals surface area contributed by atoms with E-state index in [1.807, 2.05) is 35.2 Å². The summed E-state index contributed by atoms with van der Waals surface area (Å²) in [5.41, 5.74) is 3.46. The van der Waals surface area contributed by atoms with Gasteiger partial charge in [0, 0.05) is 19.3 Å². The van der Waals surface area contributed by atoms with Crippen LogP contribution < -0.4 is 10.3 Å². The van der Waals surface area contributed by atoms with Crippen molar-refractivity contribution in [2.45, 2.75) is 44.6 Å². The van der Waals surface area contributed by atoms with E-state index < -0.39 is 0 Å². The molecule has 27 heavy (non-hydrogen) atoms. The fourth-order valence-electron chi connectivity index (χ4n) is 4.50. The lowest BCUT2D eigenvalue weighted by Crippen LogP contribution is -2.37. The Bertz CT molecular complexity index is 932. The first-order chi connectivity index (χ1) is 13.1. The number of benzene rings is 1. The fraction of sp³-hybridized carbons (Fsp3) is 0.455. The second-order valence-corrected chi connectivity index (χ2v) is 7.53. The van der Waals surface area contributed by atoms with E-state index >= 15 is 0 Å². The number of methoxy groups -OCH3 is 1. The van der Waals surface area contributed by atoms with Gasteiger partial charge in [-0.05, 0) is 67.9 Å². The highest BCUT2D eigenvalue weighted by Gasteiger charge is 2.33. The molecule has 2 aliphatic rings. The summed E-state index contributed by atoms with van der Waals surface area (Å²) in [4.78, 5) is 28.1. The number of hydrogen-bond acceptors (Lipinski definition) is 3. The lowest BCUT2D eigenvalue weighted by atomic mass is 9.94. The molecule has 1 aromatic carbocycles. The lowest BCUT2D eigenvalue weighted by molar-refractivity contribution is 0.0732. The summed E-state index contributed by atoms with van der Waals surface area (Å²) in [7, 11) is 3.44. The van der Waals surface area contributed by atoms with Gasteiger partial charge in [0.25, 0.3) is 11.5 Å². The Hall–Kier alpha value is -2.56. The molecule has 1 aliphatic carbocycles. The highest BCUT2D eigenvalue weighted by molar-refractivity contribution is 5.94. The highest BCUT2D eigenvalue weighted by Crippen LogP contribution is 2.34. The van der Waals surface area contributed by atoms with E-state index in [4.69, 9.17) is 4.74 Å². The Morgan fingerprint density at radius 2 is 1.96 bits per heavy atom. The maximum absolute atomic E-state index is 13.3. The minimum absolute atomic E-state index is 0.00617. The molecule has 2 heterocycles. The van der Waals surface area contributed by atoms with Gasteiger partial charge in [-0.15, -0.1) is 0 Å². The van der Waals surface area contributed by atoms with Gasteiger partial charge >= 0.3 is 0 Å². The highest BCUT2D eigenvalue weighted by atomic mass is 16.5. The van der Waals surface area contributed by atoms with E-state index in [9.17, 15) is 9.59 Å². The van der Waals surface area contributed by atoms with Crippen LogP contribution in [0.4, 0.5) is 0 Å². The van der Waals surface area contributed by atoms with E-state index in [-0.39, 0.29) is 17.5 Å². The number of nitrogens with zero attached hydrogens (tertiary/aromatic N) is 2. The van der Waals surface area contributed by atoms with Crippen molar-refractivity contribution in [1.29, 1.82) is 0 Å². The van der Waals surface area contributed by atoms with E-state index in [0.717, 1.165) is 61.1 Å². The average molecular weight is 366 g/mol. The van der Waals surface area contributed by atoms with E-state index in [1.165, 1.54) is 0 Å². The summed E-state index contributed by atoms with van der Waals surface area (Å²) in [5.74, 6) is 0.644. The molecule has 1 amide bonds. The fourth-order valence-corrected chi connectivity index (χ4v) is 4.50. The molecule has 0 radical (unpaired) electrons. The lowest BCUT2D eigenvalue weighted by Gasteiger charge is -2.26. The number of likely N-dealkylation sites (tertiary alicyclic amines) is 1. The van der Waals surface area contributed by atoms with Crippen molar-refractivity contribution in [3.8, 4) is 5.75 Å². The zero-order chi connectivity index (χ0) is 19.0. The molecule has 0 N–H and O–H groups in total. The quantitative estimate of drug-likeness (QED) is 0.838. The second kappa shape index (κ2) is 7.22. The molecule has 5 heteroatoms. The van der Waals surface area contributed by atoms with Crippen LogP contribution in [0.2, 0.25) is 0 Å². The van der Waals surface area contributed by atoms with E-state index in [2.05, 4.69) is 0 Å². The Morgan fingerprint density at radius 1 is 1.15 bits per heavy atom. The van der Waals surface area contributed by atoms with Crippen LogP contribution in [0.1, 0.15) is 58.9 Å². The van der Waals surface area contributed by atoms with Crippen LogP contribution in [0, 0.1) is 0 Å².